The van der Waals surface area contributed by atoms with Crippen LogP contribution >= 0.6 is 11.6 Å². The van der Waals surface area contributed by atoms with Crippen molar-refractivity contribution in [2.75, 3.05) is 19.8 Å². The fourth-order valence-corrected chi connectivity index (χ4v) is 5.26. The minimum absolute atomic E-state index is 0.0735. The Morgan fingerprint density at radius 3 is 2.49 bits per heavy atom. The van der Waals surface area contributed by atoms with Crippen molar-refractivity contribution >= 4 is 17.6 Å². The van der Waals surface area contributed by atoms with Gasteiger partial charge in [0.05, 0.1) is 12.3 Å². The monoisotopic (exact) mass is 513 g/mol. The van der Waals surface area contributed by atoms with E-state index in [1.165, 1.54) is 0 Å². The number of aryl methyl sites for hydroxylation is 2. The Kier molecular flexibility index (Phi) is 8.08. The summed E-state index contributed by atoms with van der Waals surface area (Å²) < 4.78 is 49.9. The number of nitrogens with zero attached hydrogens (tertiary/aromatic N) is 3. The van der Waals surface area contributed by atoms with E-state index in [9.17, 15) is 18.0 Å². The van der Waals surface area contributed by atoms with Crippen LogP contribution in [0.2, 0.25) is 5.02 Å². The number of hydrogen-bond acceptors (Lipinski definition) is 5. The van der Waals surface area contributed by atoms with Gasteiger partial charge in [0, 0.05) is 42.3 Å². The van der Waals surface area contributed by atoms with Crippen LogP contribution in [0.5, 0.6) is 0 Å². The summed E-state index contributed by atoms with van der Waals surface area (Å²) in [5.41, 5.74) is 3.38. The van der Waals surface area contributed by atoms with Crippen LogP contribution in [-0.2, 0) is 27.7 Å². The molecule has 1 aliphatic heterocycles. The normalized spacial score (nSPS) is 26.0. The van der Waals surface area contributed by atoms with E-state index in [2.05, 4.69) is 20.8 Å². The molecule has 10 heteroatoms. The van der Waals surface area contributed by atoms with Crippen LogP contribution in [-0.4, -0.2) is 64.8 Å². The SMILES string of the molecule is Cc1cc(C2CCC(N3C[C@H](COC(=O)C(F)(F)F)OC[C@@H]3Cc3ccc(Cl)cc3)CC2)nn1C. The number of halogens is 4. The van der Waals surface area contributed by atoms with Crippen LogP contribution in [0.3, 0.4) is 0 Å². The molecule has 1 saturated carbocycles. The number of morpholine rings is 1. The van der Waals surface area contributed by atoms with E-state index in [0.717, 1.165) is 49.1 Å². The van der Waals surface area contributed by atoms with Crippen molar-refractivity contribution in [3.8, 4) is 0 Å². The van der Waals surface area contributed by atoms with Gasteiger partial charge >= 0.3 is 12.1 Å². The molecule has 1 aromatic carbocycles. The number of hydrogen-bond donors (Lipinski definition) is 0. The van der Waals surface area contributed by atoms with Crippen LogP contribution in [0, 0.1) is 6.92 Å². The highest BCUT2D eigenvalue weighted by atomic mass is 35.5. The predicted octanol–water partition coefficient (Wildman–Crippen LogP) is 4.83. The number of ether oxygens (including phenoxy) is 2. The van der Waals surface area contributed by atoms with Crippen molar-refractivity contribution in [2.24, 2.45) is 7.05 Å². The first kappa shape index (κ1) is 26.0. The van der Waals surface area contributed by atoms with Gasteiger partial charge in [0.1, 0.15) is 12.7 Å². The van der Waals surface area contributed by atoms with E-state index >= 15 is 0 Å². The van der Waals surface area contributed by atoms with Gasteiger partial charge in [0.25, 0.3) is 0 Å². The zero-order valence-electron chi connectivity index (χ0n) is 19.9. The van der Waals surface area contributed by atoms with Crippen molar-refractivity contribution in [1.29, 1.82) is 0 Å². The quantitative estimate of drug-likeness (QED) is 0.518. The lowest BCUT2D eigenvalue weighted by molar-refractivity contribution is -0.205. The molecule has 0 amide bonds. The number of benzene rings is 1. The molecule has 0 spiro atoms. The molecular weight excluding hydrogens is 483 g/mol. The van der Waals surface area contributed by atoms with Crippen LogP contribution in [0.25, 0.3) is 0 Å². The van der Waals surface area contributed by atoms with Gasteiger partial charge in [0.15, 0.2) is 0 Å². The summed E-state index contributed by atoms with van der Waals surface area (Å²) >= 11 is 6.03. The fourth-order valence-electron chi connectivity index (χ4n) is 5.14. The highest BCUT2D eigenvalue weighted by Crippen LogP contribution is 2.36. The number of aromatic nitrogens is 2. The average Bonchev–Trinajstić information content (AvgIpc) is 3.17. The number of rotatable bonds is 6. The average molecular weight is 514 g/mol. The smallest absolute Gasteiger partial charge is 0.456 e. The molecule has 2 heterocycles. The topological polar surface area (TPSA) is 56.6 Å². The second-order valence-electron chi connectivity index (χ2n) is 9.57. The third kappa shape index (κ3) is 6.57. The van der Waals surface area contributed by atoms with Gasteiger partial charge in [-0.25, -0.2) is 4.79 Å². The van der Waals surface area contributed by atoms with E-state index in [4.69, 9.17) is 16.3 Å². The van der Waals surface area contributed by atoms with Crippen LogP contribution in [0.4, 0.5) is 13.2 Å². The first-order valence-electron chi connectivity index (χ1n) is 12.0. The lowest BCUT2D eigenvalue weighted by Crippen LogP contribution is -2.56. The Balaban J connectivity index is 1.42. The maximum atomic E-state index is 12.6. The van der Waals surface area contributed by atoms with Crippen LogP contribution in [0.15, 0.2) is 30.3 Å². The maximum absolute atomic E-state index is 12.6. The van der Waals surface area contributed by atoms with E-state index < -0.39 is 24.9 Å². The Morgan fingerprint density at radius 1 is 1.20 bits per heavy atom. The maximum Gasteiger partial charge on any atom is 0.490 e. The predicted molar refractivity (Wildman–Crippen MR) is 125 cm³/mol. The first-order chi connectivity index (χ1) is 16.6. The molecule has 1 aromatic heterocycles. The molecule has 2 aromatic rings. The Morgan fingerprint density at radius 2 is 1.89 bits per heavy atom. The van der Waals surface area contributed by atoms with E-state index in [1.54, 1.807) is 0 Å². The molecule has 4 rings (SSSR count). The number of esters is 1. The molecule has 2 aliphatic rings. The van der Waals surface area contributed by atoms with E-state index in [1.807, 2.05) is 42.9 Å². The summed E-state index contributed by atoms with van der Waals surface area (Å²) in [5.74, 6) is -1.77. The zero-order chi connectivity index (χ0) is 25.2. The molecule has 0 radical (unpaired) electrons. The Labute approximate surface area is 208 Å². The van der Waals surface area contributed by atoms with Crippen LogP contribution < -0.4 is 0 Å². The second kappa shape index (κ2) is 10.9. The molecule has 2 atom stereocenters. The van der Waals surface area contributed by atoms with Crippen molar-refractivity contribution in [2.45, 2.75) is 69.3 Å². The zero-order valence-corrected chi connectivity index (χ0v) is 20.7. The number of alkyl halides is 3. The summed E-state index contributed by atoms with van der Waals surface area (Å²) in [4.78, 5) is 13.5. The molecule has 0 bridgehead atoms. The minimum atomic E-state index is -5.01. The Hall–Kier alpha value is -2.10. The van der Waals surface area contributed by atoms with Gasteiger partial charge in [-0.2, -0.15) is 18.3 Å². The first-order valence-corrected chi connectivity index (χ1v) is 12.3. The standard InChI is InChI=1S/C25H31ClF3N3O3/c1-16-11-23(30-31(16)2)18-5-9-20(10-6-18)32-13-22(15-35-24(33)25(27,28)29)34-14-21(32)12-17-3-7-19(26)8-4-17/h3-4,7-8,11,18,20-22H,5-6,9-10,12-15H2,1-2H3/t18?,20?,21-,22+/m0/s1. The van der Waals surface area contributed by atoms with Gasteiger partial charge in [-0.05, 0) is 62.8 Å². The van der Waals surface area contributed by atoms with Crippen molar-refractivity contribution in [1.82, 2.24) is 14.7 Å². The van der Waals surface area contributed by atoms with E-state index in [-0.39, 0.29) is 12.1 Å². The van der Waals surface area contributed by atoms with Crippen molar-refractivity contribution < 1.29 is 27.4 Å². The summed E-state index contributed by atoms with van der Waals surface area (Å²) in [5, 5.41) is 5.32. The lowest BCUT2D eigenvalue weighted by atomic mass is 9.82. The van der Waals surface area contributed by atoms with Gasteiger partial charge < -0.3 is 9.47 Å². The molecule has 35 heavy (non-hydrogen) atoms. The summed E-state index contributed by atoms with van der Waals surface area (Å²) in [7, 11) is 1.95. The van der Waals surface area contributed by atoms with Crippen molar-refractivity contribution in [3.05, 3.63) is 52.3 Å². The molecule has 2 fully saturated rings. The molecule has 6 nitrogen and oxygen atoms in total. The summed E-state index contributed by atoms with van der Waals surface area (Å²) in [6, 6.07) is 10.2. The Bertz CT molecular complexity index is 984. The highest BCUT2D eigenvalue weighted by Gasteiger charge is 2.42. The fraction of sp³-hybridized carbons (Fsp3) is 0.600. The van der Waals surface area contributed by atoms with Gasteiger partial charge in [-0.15, -0.1) is 0 Å². The molecule has 0 N–H and O–H groups in total. The molecule has 0 unspecified atom stereocenters. The number of carbonyl (C=O) groups is 1. The molecule has 192 valence electrons. The lowest BCUT2D eigenvalue weighted by Gasteiger charge is -2.46. The third-order valence-electron chi connectivity index (χ3n) is 7.14. The molecule has 1 aliphatic carbocycles. The van der Waals surface area contributed by atoms with Gasteiger partial charge in [-0.1, -0.05) is 23.7 Å². The third-order valence-corrected chi connectivity index (χ3v) is 7.39. The van der Waals surface area contributed by atoms with Gasteiger partial charge in [0.2, 0.25) is 0 Å². The highest BCUT2D eigenvalue weighted by molar-refractivity contribution is 6.30. The minimum Gasteiger partial charge on any atom is -0.456 e. The van der Waals surface area contributed by atoms with Crippen molar-refractivity contribution in [3.63, 3.8) is 0 Å². The molecule has 1 saturated heterocycles. The number of carbonyl (C=O) groups excluding carboxylic acids is 1. The summed E-state index contributed by atoms with van der Waals surface area (Å²) in [6.07, 6.45) is -0.934. The second-order valence-corrected chi connectivity index (χ2v) is 10.0. The van der Waals surface area contributed by atoms with Crippen LogP contribution in [0.1, 0.15) is 48.6 Å². The summed E-state index contributed by atoms with van der Waals surface area (Å²) in [6.45, 7) is 2.41. The van der Waals surface area contributed by atoms with Gasteiger partial charge in [-0.3, -0.25) is 9.58 Å². The largest absolute Gasteiger partial charge is 0.490 e. The molecular formula is C25H31ClF3N3O3. The van der Waals surface area contributed by atoms with E-state index in [0.29, 0.717) is 24.1 Å².